The standard InChI is InChI=1S/C13H21NO4S/c1-3-4-9-14(10-11-15)19(16,17)13-8-6-5-7-12(13)18-2/h5-8,15H,3-4,9-11H2,1-2H3. The van der Waals surface area contributed by atoms with Crippen LogP contribution in [0, 0.1) is 0 Å². The second kappa shape index (κ2) is 7.47. The van der Waals surface area contributed by atoms with E-state index in [1.165, 1.54) is 17.5 Å². The summed E-state index contributed by atoms with van der Waals surface area (Å²) in [4.78, 5) is 0.141. The number of hydrogen-bond acceptors (Lipinski definition) is 4. The van der Waals surface area contributed by atoms with E-state index in [0.717, 1.165) is 12.8 Å². The zero-order valence-electron chi connectivity index (χ0n) is 11.4. The van der Waals surface area contributed by atoms with Crippen LogP contribution in [0.4, 0.5) is 0 Å². The number of unbranched alkanes of at least 4 members (excludes halogenated alkanes) is 1. The zero-order valence-corrected chi connectivity index (χ0v) is 12.2. The van der Waals surface area contributed by atoms with Crippen LogP contribution >= 0.6 is 0 Å². The molecule has 0 heterocycles. The van der Waals surface area contributed by atoms with Crippen molar-refractivity contribution in [2.45, 2.75) is 24.7 Å². The number of aliphatic hydroxyl groups is 1. The molecule has 6 heteroatoms. The van der Waals surface area contributed by atoms with Crippen LogP contribution < -0.4 is 4.74 Å². The van der Waals surface area contributed by atoms with Gasteiger partial charge in [-0.3, -0.25) is 0 Å². The van der Waals surface area contributed by atoms with Crippen molar-refractivity contribution in [2.24, 2.45) is 0 Å². The van der Waals surface area contributed by atoms with Crippen molar-refractivity contribution in [1.29, 1.82) is 0 Å². The van der Waals surface area contributed by atoms with E-state index in [1.807, 2.05) is 6.92 Å². The van der Waals surface area contributed by atoms with Gasteiger partial charge in [-0.15, -0.1) is 0 Å². The van der Waals surface area contributed by atoms with Crippen LogP contribution in [0.3, 0.4) is 0 Å². The highest BCUT2D eigenvalue weighted by Gasteiger charge is 2.26. The quantitative estimate of drug-likeness (QED) is 0.786. The largest absolute Gasteiger partial charge is 0.495 e. The van der Waals surface area contributed by atoms with Crippen molar-refractivity contribution in [2.75, 3.05) is 26.8 Å². The van der Waals surface area contributed by atoms with Crippen LogP contribution in [0.2, 0.25) is 0 Å². The lowest BCUT2D eigenvalue weighted by Crippen LogP contribution is -2.34. The summed E-state index contributed by atoms with van der Waals surface area (Å²) in [5, 5.41) is 9.04. The minimum absolute atomic E-state index is 0.0976. The normalized spacial score (nSPS) is 11.8. The van der Waals surface area contributed by atoms with Gasteiger partial charge in [0.25, 0.3) is 0 Å². The molecule has 0 aliphatic carbocycles. The van der Waals surface area contributed by atoms with Crippen molar-refractivity contribution < 1.29 is 18.3 Å². The molecule has 1 N–H and O–H groups in total. The van der Waals surface area contributed by atoms with Gasteiger partial charge in [0.15, 0.2) is 0 Å². The van der Waals surface area contributed by atoms with E-state index in [4.69, 9.17) is 9.84 Å². The number of methoxy groups -OCH3 is 1. The summed E-state index contributed by atoms with van der Waals surface area (Å²) in [7, 11) is -2.19. The third kappa shape index (κ3) is 3.92. The number of para-hydroxylation sites is 1. The first-order valence-corrected chi connectivity index (χ1v) is 7.76. The Hall–Kier alpha value is -1.11. The first kappa shape index (κ1) is 15.9. The Balaban J connectivity index is 3.11. The lowest BCUT2D eigenvalue weighted by molar-refractivity contribution is 0.252. The van der Waals surface area contributed by atoms with Crippen LogP contribution in [0.15, 0.2) is 29.2 Å². The van der Waals surface area contributed by atoms with Crippen LogP contribution in [0.1, 0.15) is 19.8 Å². The molecule has 5 nitrogen and oxygen atoms in total. The Labute approximate surface area is 114 Å². The number of hydrogen-bond donors (Lipinski definition) is 1. The van der Waals surface area contributed by atoms with Gasteiger partial charge >= 0.3 is 0 Å². The number of aliphatic hydroxyl groups excluding tert-OH is 1. The fraction of sp³-hybridized carbons (Fsp3) is 0.538. The van der Waals surface area contributed by atoms with Gasteiger partial charge in [-0.25, -0.2) is 8.42 Å². The smallest absolute Gasteiger partial charge is 0.246 e. The molecule has 1 aromatic rings. The average molecular weight is 287 g/mol. The summed E-state index contributed by atoms with van der Waals surface area (Å²) in [6.45, 7) is 2.29. The summed E-state index contributed by atoms with van der Waals surface area (Å²) >= 11 is 0. The van der Waals surface area contributed by atoms with Crippen molar-refractivity contribution in [1.82, 2.24) is 4.31 Å². The van der Waals surface area contributed by atoms with Crippen molar-refractivity contribution in [3.8, 4) is 5.75 Å². The maximum absolute atomic E-state index is 12.5. The highest BCUT2D eigenvalue weighted by atomic mass is 32.2. The molecule has 0 amide bonds. The zero-order chi connectivity index (χ0) is 14.3. The Morgan fingerprint density at radius 1 is 1.26 bits per heavy atom. The summed E-state index contributed by atoms with van der Waals surface area (Å²) in [5.41, 5.74) is 0. The predicted octanol–water partition coefficient (Wildman–Crippen LogP) is 1.48. The van der Waals surface area contributed by atoms with Gasteiger partial charge in [-0.1, -0.05) is 25.5 Å². The van der Waals surface area contributed by atoms with Gasteiger partial charge in [0.2, 0.25) is 10.0 Å². The summed E-state index contributed by atoms with van der Waals surface area (Å²) < 4.78 is 31.5. The van der Waals surface area contributed by atoms with Gasteiger partial charge in [-0.2, -0.15) is 4.31 Å². The van der Waals surface area contributed by atoms with E-state index in [0.29, 0.717) is 12.3 Å². The van der Waals surface area contributed by atoms with Gasteiger partial charge in [0.05, 0.1) is 13.7 Å². The minimum atomic E-state index is -3.63. The molecule has 1 rings (SSSR count). The number of benzene rings is 1. The fourth-order valence-electron chi connectivity index (χ4n) is 1.77. The van der Waals surface area contributed by atoms with Crippen LogP contribution in [-0.2, 0) is 10.0 Å². The first-order valence-electron chi connectivity index (χ1n) is 6.32. The lowest BCUT2D eigenvalue weighted by atomic mass is 10.3. The molecule has 0 saturated heterocycles. The molecule has 0 aliphatic heterocycles. The summed E-state index contributed by atoms with van der Waals surface area (Å²) in [5.74, 6) is 0.321. The third-order valence-electron chi connectivity index (χ3n) is 2.80. The molecule has 19 heavy (non-hydrogen) atoms. The van der Waals surface area contributed by atoms with Crippen LogP contribution in [0.25, 0.3) is 0 Å². The SMILES string of the molecule is CCCCN(CCO)S(=O)(=O)c1ccccc1OC. The monoisotopic (exact) mass is 287 g/mol. The Bertz CT molecular complexity index is 487. The highest BCUT2D eigenvalue weighted by Crippen LogP contribution is 2.26. The van der Waals surface area contributed by atoms with Gasteiger partial charge in [0.1, 0.15) is 10.6 Å². The second-order valence-electron chi connectivity index (χ2n) is 4.13. The van der Waals surface area contributed by atoms with E-state index in [-0.39, 0.29) is 18.0 Å². The molecule has 0 aromatic heterocycles. The molecule has 0 radical (unpaired) electrons. The minimum Gasteiger partial charge on any atom is -0.495 e. The van der Waals surface area contributed by atoms with E-state index >= 15 is 0 Å². The molecule has 0 bridgehead atoms. The van der Waals surface area contributed by atoms with Gasteiger partial charge < -0.3 is 9.84 Å². The first-order chi connectivity index (χ1) is 9.07. The summed E-state index contributed by atoms with van der Waals surface area (Å²) in [6, 6.07) is 6.51. The number of ether oxygens (including phenoxy) is 1. The molecule has 0 fully saturated rings. The molecular formula is C13H21NO4S. The molecule has 0 saturated carbocycles. The Morgan fingerprint density at radius 3 is 2.53 bits per heavy atom. The maximum Gasteiger partial charge on any atom is 0.246 e. The molecule has 0 spiro atoms. The summed E-state index contributed by atoms with van der Waals surface area (Å²) in [6.07, 6.45) is 1.65. The van der Waals surface area contributed by atoms with Crippen molar-refractivity contribution in [3.63, 3.8) is 0 Å². The number of nitrogens with zero attached hydrogens (tertiary/aromatic N) is 1. The third-order valence-corrected chi connectivity index (χ3v) is 4.74. The van der Waals surface area contributed by atoms with E-state index in [9.17, 15) is 8.42 Å². The second-order valence-corrected chi connectivity index (χ2v) is 6.04. The van der Waals surface area contributed by atoms with Gasteiger partial charge in [0, 0.05) is 13.1 Å². The van der Waals surface area contributed by atoms with E-state index in [2.05, 4.69) is 0 Å². The van der Waals surface area contributed by atoms with Crippen LogP contribution in [0.5, 0.6) is 5.75 Å². The molecule has 1 aromatic carbocycles. The van der Waals surface area contributed by atoms with Crippen LogP contribution in [-0.4, -0.2) is 44.6 Å². The van der Waals surface area contributed by atoms with Crippen molar-refractivity contribution >= 4 is 10.0 Å². The maximum atomic E-state index is 12.5. The van der Waals surface area contributed by atoms with E-state index in [1.54, 1.807) is 18.2 Å². The van der Waals surface area contributed by atoms with E-state index < -0.39 is 10.0 Å². The Kier molecular flexibility index (Phi) is 6.27. The molecule has 0 aliphatic rings. The molecule has 108 valence electrons. The molecule has 0 unspecified atom stereocenters. The number of sulfonamides is 1. The fourth-order valence-corrected chi connectivity index (χ4v) is 3.39. The van der Waals surface area contributed by atoms with Gasteiger partial charge in [-0.05, 0) is 18.6 Å². The lowest BCUT2D eigenvalue weighted by Gasteiger charge is -2.22. The highest BCUT2D eigenvalue weighted by molar-refractivity contribution is 7.89. The topological polar surface area (TPSA) is 66.8 Å². The van der Waals surface area contributed by atoms with Crippen molar-refractivity contribution in [3.05, 3.63) is 24.3 Å². The predicted molar refractivity (Wildman–Crippen MR) is 73.7 cm³/mol. The molecule has 0 atom stereocenters. The number of rotatable bonds is 8. The molecular weight excluding hydrogens is 266 g/mol. The average Bonchev–Trinajstić information content (AvgIpc) is 2.43. The Morgan fingerprint density at radius 2 is 1.95 bits per heavy atom.